The van der Waals surface area contributed by atoms with Crippen molar-refractivity contribution in [3.63, 3.8) is 0 Å². The molecule has 66 valence electrons. The molecule has 1 aromatic rings. The molecule has 0 radical (unpaired) electrons. The minimum absolute atomic E-state index is 0.133. The van der Waals surface area contributed by atoms with E-state index in [0.717, 1.165) is 3.57 Å². The standard InChI is InChI=1S/C6H3I3O3/c7-6-4(11-8)1-3(10)2-5(6)12-9/h1-2,10H. The molecule has 0 spiro atoms. The third-order valence-corrected chi connectivity index (χ3v) is 3.17. The Morgan fingerprint density at radius 3 is 1.83 bits per heavy atom. The van der Waals surface area contributed by atoms with Gasteiger partial charge in [-0.2, -0.15) is 0 Å². The zero-order chi connectivity index (χ0) is 9.14. The van der Waals surface area contributed by atoms with E-state index >= 15 is 0 Å². The number of phenolic OH excluding ortho intramolecular Hbond substituents is 1. The molecule has 1 N–H and O–H groups in total. The lowest BCUT2D eigenvalue weighted by Gasteiger charge is -2.05. The van der Waals surface area contributed by atoms with Gasteiger partial charge in [-0.15, -0.1) is 0 Å². The number of halogens is 3. The van der Waals surface area contributed by atoms with E-state index < -0.39 is 0 Å². The summed E-state index contributed by atoms with van der Waals surface area (Å²) in [5, 5.41) is 9.21. The van der Waals surface area contributed by atoms with Gasteiger partial charge in [0.15, 0.2) is 57.5 Å². The second kappa shape index (κ2) is 4.88. The molecule has 0 aromatic heterocycles. The summed E-state index contributed by atoms with van der Waals surface area (Å²) in [7, 11) is 0. The van der Waals surface area contributed by atoms with Crippen LogP contribution in [0.1, 0.15) is 0 Å². The summed E-state index contributed by atoms with van der Waals surface area (Å²) in [5.41, 5.74) is 0. The van der Waals surface area contributed by atoms with E-state index in [9.17, 15) is 5.11 Å². The van der Waals surface area contributed by atoms with Gasteiger partial charge < -0.3 is 11.2 Å². The fourth-order valence-corrected chi connectivity index (χ4v) is 2.74. The van der Waals surface area contributed by atoms with Crippen molar-refractivity contribution >= 4 is 68.6 Å². The van der Waals surface area contributed by atoms with Gasteiger partial charge in [0.2, 0.25) is 0 Å². The van der Waals surface area contributed by atoms with E-state index in [4.69, 9.17) is 6.13 Å². The van der Waals surface area contributed by atoms with Gasteiger partial charge in [-0.05, 0) is 22.6 Å². The minimum atomic E-state index is 0.133. The molecule has 0 unspecified atom stereocenters. The largest absolute Gasteiger partial charge is 0.508 e. The Labute approximate surface area is 111 Å². The Bertz CT molecular complexity index is 264. The molecule has 0 fully saturated rings. The first-order chi connectivity index (χ1) is 5.69. The highest BCUT2D eigenvalue weighted by Gasteiger charge is 2.09. The van der Waals surface area contributed by atoms with E-state index in [1.807, 2.05) is 0 Å². The molecule has 1 rings (SSSR count). The van der Waals surface area contributed by atoms with Gasteiger partial charge in [0.1, 0.15) is 5.75 Å². The van der Waals surface area contributed by atoms with E-state index in [1.165, 1.54) is 12.1 Å². The molecule has 0 atom stereocenters. The van der Waals surface area contributed by atoms with Crippen LogP contribution in [-0.4, -0.2) is 5.11 Å². The Kier molecular flexibility index (Phi) is 4.43. The van der Waals surface area contributed by atoms with Crippen LogP contribution in [0.3, 0.4) is 0 Å². The van der Waals surface area contributed by atoms with Crippen molar-refractivity contribution in [1.82, 2.24) is 0 Å². The molecule has 0 aliphatic carbocycles. The van der Waals surface area contributed by atoms with E-state index in [-0.39, 0.29) is 5.75 Å². The lowest BCUT2D eigenvalue weighted by Crippen LogP contribution is -1.84. The number of hydrogen-bond acceptors (Lipinski definition) is 3. The van der Waals surface area contributed by atoms with E-state index in [1.54, 1.807) is 46.0 Å². The summed E-state index contributed by atoms with van der Waals surface area (Å²) in [5.74, 6) is 1.33. The summed E-state index contributed by atoms with van der Waals surface area (Å²) >= 11 is 5.60. The summed E-state index contributed by atoms with van der Waals surface area (Å²) < 4.78 is 10.8. The van der Waals surface area contributed by atoms with Crippen LogP contribution in [0.5, 0.6) is 17.2 Å². The first-order valence-electron chi connectivity index (χ1n) is 2.78. The SMILES string of the molecule is Oc1cc(OI)c(I)c(OI)c1. The summed E-state index contributed by atoms with van der Waals surface area (Å²) in [6.07, 6.45) is 0. The molecule has 0 heterocycles. The molecule has 1 aromatic carbocycles. The van der Waals surface area contributed by atoms with Crippen molar-refractivity contribution in [2.75, 3.05) is 0 Å². The molecule has 3 nitrogen and oxygen atoms in total. The molecular weight excluding hydrogens is 501 g/mol. The molecular formula is C6H3I3O3. The van der Waals surface area contributed by atoms with Crippen LogP contribution >= 0.6 is 68.6 Å². The Morgan fingerprint density at radius 1 is 1.08 bits per heavy atom. The molecule has 12 heavy (non-hydrogen) atoms. The van der Waals surface area contributed by atoms with Crippen LogP contribution in [0.15, 0.2) is 12.1 Å². The van der Waals surface area contributed by atoms with Crippen LogP contribution in [-0.2, 0) is 0 Å². The topological polar surface area (TPSA) is 38.7 Å². The molecule has 0 saturated carbocycles. The Hall–Kier alpha value is 0.810. The monoisotopic (exact) mass is 504 g/mol. The van der Waals surface area contributed by atoms with Crippen molar-refractivity contribution in [3.05, 3.63) is 15.7 Å². The summed E-state index contributed by atoms with van der Waals surface area (Å²) in [6, 6.07) is 3.07. The average molecular weight is 504 g/mol. The fourth-order valence-electron chi connectivity index (χ4n) is 0.671. The van der Waals surface area contributed by atoms with Crippen LogP contribution in [0.4, 0.5) is 0 Å². The molecule has 0 bridgehead atoms. The third-order valence-electron chi connectivity index (χ3n) is 1.16. The molecule has 6 heteroatoms. The maximum atomic E-state index is 9.21. The van der Waals surface area contributed by atoms with Gasteiger partial charge in [-0.1, -0.05) is 0 Å². The molecule has 0 aliphatic rings. The highest BCUT2D eigenvalue weighted by atomic mass is 127. The van der Waals surface area contributed by atoms with Crippen molar-refractivity contribution in [1.29, 1.82) is 0 Å². The van der Waals surface area contributed by atoms with Crippen LogP contribution in [0.25, 0.3) is 0 Å². The molecule has 0 amide bonds. The van der Waals surface area contributed by atoms with E-state index in [2.05, 4.69) is 22.6 Å². The van der Waals surface area contributed by atoms with Crippen molar-refractivity contribution < 1.29 is 11.2 Å². The Balaban J connectivity index is 3.22. The lowest BCUT2D eigenvalue weighted by molar-refractivity contribution is 0.470. The maximum Gasteiger partial charge on any atom is 0.192 e. The van der Waals surface area contributed by atoms with Crippen LogP contribution in [0, 0.1) is 3.57 Å². The quantitative estimate of drug-likeness (QED) is 0.629. The number of rotatable bonds is 2. The molecule has 0 aliphatic heterocycles. The highest BCUT2D eigenvalue weighted by molar-refractivity contribution is 14.1. The predicted molar refractivity (Wildman–Crippen MR) is 70.1 cm³/mol. The molecule has 0 saturated heterocycles. The number of phenols is 1. The highest BCUT2D eigenvalue weighted by Crippen LogP contribution is 2.36. The van der Waals surface area contributed by atoms with Crippen molar-refractivity contribution in [2.45, 2.75) is 0 Å². The number of hydrogen-bond donors (Lipinski definition) is 1. The first kappa shape index (κ1) is 10.9. The van der Waals surface area contributed by atoms with Gasteiger partial charge in [0.05, 0.1) is 3.57 Å². The maximum absolute atomic E-state index is 9.21. The fraction of sp³-hybridized carbons (Fsp3) is 0. The number of benzene rings is 1. The first-order valence-corrected chi connectivity index (χ1v) is 5.62. The predicted octanol–water partition coefficient (Wildman–Crippen LogP) is 3.45. The zero-order valence-electron chi connectivity index (χ0n) is 5.55. The second-order valence-corrected chi connectivity index (χ2v) is 3.87. The van der Waals surface area contributed by atoms with Crippen molar-refractivity contribution in [3.8, 4) is 17.2 Å². The normalized spacial score (nSPS) is 9.58. The smallest absolute Gasteiger partial charge is 0.192 e. The zero-order valence-corrected chi connectivity index (χ0v) is 12.0. The van der Waals surface area contributed by atoms with Crippen LogP contribution in [0.2, 0.25) is 0 Å². The van der Waals surface area contributed by atoms with Gasteiger partial charge >= 0.3 is 0 Å². The van der Waals surface area contributed by atoms with Crippen molar-refractivity contribution in [2.24, 2.45) is 0 Å². The second-order valence-electron chi connectivity index (χ2n) is 1.91. The summed E-state index contributed by atoms with van der Waals surface area (Å²) in [6.45, 7) is 0. The number of aromatic hydroxyl groups is 1. The van der Waals surface area contributed by atoms with Gasteiger partial charge in [0.25, 0.3) is 0 Å². The van der Waals surface area contributed by atoms with Gasteiger partial charge in [-0.3, -0.25) is 0 Å². The van der Waals surface area contributed by atoms with Gasteiger partial charge in [0, 0.05) is 12.1 Å². The lowest BCUT2D eigenvalue weighted by atomic mass is 10.3. The minimum Gasteiger partial charge on any atom is -0.508 e. The van der Waals surface area contributed by atoms with Crippen LogP contribution < -0.4 is 6.13 Å². The summed E-state index contributed by atoms with van der Waals surface area (Å²) in [4.78, 5) is 0. The average Bonchev–Trinajstić information content (AvgIpc) is 2.08. The van der Waals surface area contributed by atoms with Gasteiger partial charge in [-0.25, -0.2) is 0 Å². The third kappa shape index (κ3) is 2.40. The Morgan fingerprint density at radius 2 is 1.50 bits per heavy atom. The van der Waals surface area contributed by atoms with E-state index in [0.29, 0.717) is 11.5 Å².